The molecule has 27 heavy (non-hydrogen) atoms. The lowest BCUT2D eigenvalue weighted by molar-refractivity contribution is 0.368. The SMILES string of the molecule is O=c1c2cc(Br)ccc2on1-c1cccc(-c2nnc(-c3ccco3)o2)c1. The maximum atomic E-state index is 12.7. The number of rotatable bonds is 3. The summed E-state index contributed by atoms with van der Waals surface area (Å²) in [5, 5.41) is 8.54. The van der Waals surface area contributed by atoms with Crippen LogP contribution in [-0.4, -0.2) is 14.9 Å². The minimum atomic E-state index is -0.245. The first-order valence-corrected chi connectivity index (χ1v) is 8.78. The van der Waals surface area contributed by atoms with Crippen molar-refractivity contribution in [2.75, 3.05) is 0 Å². The van der Waals surface area contributed by atoms with Crippen LogP contribution in [0.15, 0.2) is 83.5 Å². The Morgan fingerprint density at radius 3 is 2.70 bits per heavy atom. The lowest BCUT2D eigenvalue weighted by Gasteiger charge is -2.01. The summed E-state index contributed by atoms with van der Waals surface area (Å²) in [6, 6.07) is 15.9. The first kappa shape index (κ1) is 15.8. The smallest absolute Gasteiger partial charge is 0.295 e. The summed E-state index contributed by atoms with van der Waals surface area (Å²) in [6.07, 6.45) is 1.53. The monoisotopic (exact) mass is 423 g/mol. The maximum absolute atomic E-state index is 12.7. The van der Waals surface area contributed by atoms with E-state index in [0.29, 0.717) is 33.9 Å². The summed E-state index contributed by atoms with van der Waals surface area (Å²) in [6.45, 7) is 0. The number of furan rings is 1. The van der Waals surface area contributed by atoms with Gasteiger partial charge in [0.15, 0.2) is 11.3 Å². The zero-order valence-corrected chi connectivity index (χ0v) is 15.2. The maximum Gasteiger partial charge on any atom is 0.295 e. The van der Waals surface area contributed by atoms with Gasteiger partial charge in [-0.1, -0.05) is 22.0 Å². The molecule has 0 amide bonds. The number of nitrogens with zero attached hydrogens (tertiary/aromatic N) is 3. The van der Waals surface area contributed by atoms with Gasteiger partial charge < -0.3 is 13.4 Å². The van der Waals surface area contributed by atoms with Crippen molar-refractivity contribution in [3.8, 4) is 28.8 Å². The predicted molar refractivity (Wildman–Crippen MR) is 101 cm³/mol. The Kier molecular flexibility index (Phi) is 3.58. The van der Waals surface area contributed by atoms with Crippen LogP contribution in [0.5, 0.6) is 0 Å². The van der Waals surface area contributed by atoms with E-state index < -0.39 is 0 Å². The number of aromatic nitrogens is 3. The van der Waals surface area contributed by atoms with Gasteiger partial charge in [-0.3, -0.25) is 4.79 Å². The van der Waals surface area contributed by atoms with E-state index in [2.05, 4.69) is 26.1 Å². The van der Waals surface area contributed by atoms with Crippen LogP contribution in [0.3, 0.4) is 0 Å². The summed E-state index contributed by atoms with van der Waals surface area (Å²) in [5.74, 6) is 1.09. The van der Waals surface area contributed by atoms with Crippen molar-refractivity contribution >= 4 is 26.9 Å². The number of hydrogen-bond acceptors (Lipinski definition) is 6. The molecule has 132 valence electrons. The van der Waals surface area contributed by atoms with Crippen LogP contribution < -0.4 is 5.56 Å². The van der Waals surface area contributed by atoms with E-state index in [9.17, 15) is 4.79 Å². The fourth-order valence-corrected chi connectivity index (χ4v) is 3.13. The molecule has 0 saturated heterocycles. The van der Waals surface area contributed by atoms with Gasteiger partial charge in [-0.15, -0.1) is 14.9 Å². The summed E-state index contributed by atoms with van der Waals surface area (Å²) in [5.41, 5.74) is 1.48. The van der Waals surface area contributed by atoms with Crippen molar-refractivity contribution in [2.24, 2.45) is 0 Å². The third kappa shape index (κ3) is 2.70. The second-order valence-corrected chi connectivity index (χ2v) is 6.69. The Labute approximate surface area is 159 Å². The average Bonchev–Trinajstić information content (AvgIpc) is 3.42. The first-order valence-electron chi connectivity index (χ1n) is 7.99. The van der Waals surface area contributed by atoms with Crippen LogP contribution >= 0.6 is 15.9 Å². The lowest BCUT2D eigenvalue weighted by atomic mass is 10.2. The molecule has 0 fully saturated rings. The molecule has 5 aromatic rings. The Balaban J connectivity index is 1.59. The summed E-state index contributed by atoms with van der Waals surface area (Å²) >= 11 is 3.37. The second-order valence-electron chi connectivity index (χ2n) is 5.77. The largest absolute Gasteiger partial charge is 0.459 e. The summed E-state index contributed by atoms with van der Waals surface area (Å²) < 4.78 is 18.7. The number of hydrogen-bond donors (Lipinski definition) is 0. The van der Waals surface area contributed by atoms with E-state index in [4.69, 9.17) is 13.4 Å². The minimum Gasteiger partial charge on any atom is -0.459 e. The highest BCUT2D eigenvalue weighted by Crippen LogP contribution is 2.26. The molecule has 5 rings (SSSR count). The van der Waals surface area contributed by atoms with Gasteiger partial charge in [-0.25, -0.2) is 0 Å². The zero-order chi connectivity index (χ0) is 18.4. The van der Waals surface area contributed by atoms with E-state index >= 15 is 0 Å². The predicted octanol–water partition coefficient (Wildman–Crippen LogP) is 4.66. The van der Waals surface area contributed by atoms with Crippen molar-refractivity contribution in [3.05, 3.63) is 75.7 Å². The number of benzene rings is 2. The highest BCUT2D eigenvalue weighted by molar-refractivity contribution is 9.10. The number of halogens is 1. The molecule has 3 heterocycles. The van der Waals surface area contributed by atoms with Gasteiger partial charge in [0, 0.05) is 10.0 Å². The molecule has 0 atom stereocenters. The molecule has 8 heteroatoms. The van der Waals surface area contributed by atoms with Crippen molar-refractivity contribution in [2.45, 2.75) is 0 Å². The molecule has 7 nitrogen and oxygen atoms in total. The van der Waals surface area contributed by atoms with E-state index in [1.54, 1.807) is 42.5 Å². The van der Waals surface area contributed by atoms with Gasteiger partial charge in [0.2, 0.25) is 5.89 Å². The molecular formula is C19H10BrN3O4. The van der Waals surface area contributed by atoms with Crippen molar-refractivity contribution in [1.29, 1.82) is 0 Å². The molecule has 0 unspecified atom stereocenters. The van der Waals surface area contributed by atoms with Crippen LogP contribution in [0.25, 0.3) is 39.8 Å². The number of fused-ring (bicyclic) bond motifs is 1. The fraction of sp³-hybridized carbons (Fsp3) is 0. The molecule has 0 saturated carbocycles. The van der Waals surface area contributed by atoms with Gasteiger partial charge >= 0.3 is 0 Å². The Morgan fingerprint density at radius 2 is 1.85 bits per heavy atom. The quantitative estimate of drug-likeness (QED) is 0.419. The fourth-order valence-electron chi connectivity index (χ4n) is 2.77. The molecule has 0 aliphatic rings. The van der Waals surface area contributed by atoms with Gasteiger partial charge in [0.05, 0.1) is 17.3 Å². The average molecular weight is 424 g/mol. The van der Waals surface area contributed by atoms with Gasteiger partial charge in [0.1, 0.15) is 0 Å². The standard InChI is InChI=1S/C19H10BrN3O4/c20-12-6-7-15-14(10-12)19(24)23(27-15)13-4-1-3-11(9-13)17-21-22-18(26-17)16-5-2-8-25-16/h1-10H. The third-order valence-electron chi connectivity index (χ3n) is 4.03. The van der Waals surface area contributed by atoms with Crippen LogP contribution in [0.4, 0.5) is 0 Å². The molecule has 0 bridgehead atoms. The topological polar surface area (TPSA) is 87.2 Å². The third-order valence-corrected chi connectivity index (χ3v) is 4.52. The second kappa shape index (κ2) is 6.10. The normalized spacial score (nSPS) is 11.3. The Morgan fingerprint density at radius 1 is 0.963 bits per heavy atom. The highest BCUT2D eigenvalue weighted by atomic mass is 79.9. The van der Waals surface area contributed by atoms with E-state index in [0.717, 1.165) is 4.47 Å². The minimum absolute atomic E-state index is 0.245. The van der Waals surface area contributed by atoms with Gasteiger partial charge in [0.25, 0.3) is 11.4 Å². The van der Waals surface area contributed by atoms with E-state index in [1.807, 2.05) is 12.1 Å². The molecule has 0 radical (unpaired) electrons. The Hall–Kier alpha value is -3.39. The summed E-state index contributed by atoms with van der Waals surface area (Å²) in [7, 11) is 0. The highest BCUT2D eigenvalue weighted by Gasteiger charge is 2.15. The molecular weight excluding hydrogens is 414 g/mol. The van der Waals surface area contributed by atoms with Crippen LogP contribution in [0.2, 0.25) is 0 Å². The van der Waals surface area contributed by atoms with Crippen molar-refractivity contribution in [1.82, 2.24) is 14.9 Å². The Bertz CT molecular complexity index is 1310. The van der Waals surface area contributed by atoms with Gasteiger partial charge in [-0.05, 0) is 48.5 Å². The van der Waals surface area contributed by atoms with Gasteiger partial charge in [-0.2, -0.15) is 0 Å². The lowest BCUT2D eigenvalue weighted by Crippen LogP contribution is -2.11. The molecule has 0 aliphatic carbocycles. The molecule has 2 aromatic carbocycles. The summed E-state index contributed by atoms with van der Waals surface area (Å²) in [4.78, 5) is 12.7. The van der Waals surface area contributed by atoms with Crippen LogP contribution in [-0.2, 0) is 0 Å². The van der Waals surface area contributed by atoms with Crippen LogP contribution in [0.1, 0.15) is 0 Å². The zero-order valence-electron chi connectivity index (χ0n) is 13.6. The molecule has 0 spiro atoms. The first-order chi connectivity index (χ1) is 13.2. The van der Waals surface area contributed by atoms with Crippen molar-refractivity contribution in [3.63, 3.8) is 0 Å². The molecule has 0 aliphatic heterocycles. The van der Waals surface area contributed by atoms with Crippen LogP contribution in [0, 0.1) is 0 Å². The molecule has 3 aromatic heterocycles. The molecule has 0 N–H and O–H groups in total. The van der Waals surface area contributed by atoms with E-state index in [-0.39, 0.29) is 11.4 Å². The van der Waals surface area contributed by atoms with Crippen molar-refractivity contribution < 1.29 is 13.4 Å². The van der Waals surface area contributed by atoms with E-state index in [1.165, 1.54) is 11.0 Å².